The highest BCUT2D eigenvalue weighted by Crippen LogP contribution is 2.35. The average molecular weight is 272 g/mol. The van der Waals surface area contributed by atoms with E-state index in [-0.39, 0.29) is 5.92 Å². The molecule has 2 atom stereocenters. The molecule has 0 heterocycles. The van der Waals surface area contributed by atoms with E-state index in [0.717, 1.165) is 25.0 Å². The van der Waals surface area contributed by atoms with E-state index >= 15 is 0 Å². The van der Waals surface area contributed by atoms with Gasteiger partial charge in [-0.1, -0.05) is 24.6 Å². The van der Waals surface area contributed by atoms with Crippen LogP contribution in [0.25, 0.3) is 0 Å². The smallest absolute Gasteiger partial charge is 0.416 e. The summed E-state index contributed by atoms with van der Waals surface area (Å²) in [6, 6.07) is 5.17. The number of alkyl halides is 3. The molecule has 0 aromatic heterocycles. The molecule has 1 aromatic carbocycles. The Morgan fingerprint density at radius 2 is 2.05 bits per heavy atom. The Morgan fingerprint density at radius 3 is 2.68 bits per heavy atom. The molecule has 1 N–H and O–H groups in total. The fraction of sp³-hybridized carbons (Fsp3) is 0.500. The van der Waals surface area contributed by atoms with Crippen LogP contribution < -0.4 is 0 Å². The Kier molecular flexibility index (Phi) is 3.83. The molecule has 0 saturated heterocycles. The van der Waals surface area contributed by atoms with Crippen LogP contribution in [-0.2, 0) is 17.4 Å². The van der Waals surface area contributed by atoms with Gasteiger partial charge in [-0.25, -0.2) is 0 Å². The fourth-order valence-corrected chi connectivity index (χ4v) is 2.78. The number of aliphatic carboxylic acids is 1. The van der Waals surface area contributed by atoms with Gasteiger partial charge in [0.15, 0.2) is 0 Å². The van der Waals surface area contributed by atoms with Gasteiger partial charge in [0.05, 0.1) is 11.5 Å². The van der Waals surface area contributed by atoms with Gasteiger partial charge in [0, 0.05) is 0 Å². The Labute approximate surface area is 109 Å². The number of rotatable bonds is 3. The van der Waals surface area contributed by atoms with E-state index in [0.29, 0.717) is 18.4 Å². The molecule has 0 amide bonds. The molecule has 5 heteroatoms. The molecule has 19 heavy (non-hydrogen) atoms. The summed E-state index contributed by atoms with van der Waals surface area (Å²) in [6.07, 6.45) is -1.72. The SMILES string of the molecule is O=C(O)C1CCCC1Cc1cccc(C(F)(F)F)c1. The van der Waals surface area contributed by atoms with Crippen LogP contribution in [0, 0.1) is 11.8 Å². The summed E-state index contributed by atoms with van der Waals surface area (Å²) in [6.45, 7) is 0. The molecule has 1 aliphatic rings. The molecule has 1 saturated carbocycles. The highest BCUT2D eigenvalue weighted by molar-refractivity contribution is 5.70. The van der Waals surface area contributed by atoms with Crippen LogP contribution in [0.5, 0.6) is 0 Å². The van der Waals surface area contributed by atoms with E-state index in [4.69, 9.17) is 5.11 Å². The van der Waals surface area contributed by atoms with Crippen LogP contribution in [0.2, 0.25) is 0 Å². The minimum absolute atomic E-state index is 0.0546. The minimum atomic E-state index is -4.35. The van der Waals surface area contributed by atoms with Crippen LogP contribution in [0.15, 0.2) is 24.3 Å². The summed E-state index contributed by atoms with van der Waals surface area (Å²) in [5, 5.41) is 9.07. The standard InChI is InChI=1S/C14H15F3O2/c15-14(16,17)11-5-1-3-9(8-11)7-10-4-2-6-12(10)13(18)19/h1,3,5,8,10,12H,2,4,6-7H2,(H,18,19). The van der Waals surface area contributed by atoms with Crippen LogP contribution in [0.1, 0.15) is 30.4 Å². The van der Waals surface area contributed by atoms with Gasteiger partial charge in [0.25, 0.3) is 0 Å². The van der Waals surface area contributed by atoms with Crippen molar-refractivity contribution in [2.45, 2.75) is 31.9 Å². The van der Waals surface area contributed by atoms with Crippen molar-refractivity contribution in [3.8, 4) is 0 Å². The molecule has 2 unspecified atom stereocenters. The molecule has 1 aliphatic carbocycles. The highest BCUT2D eigenvalue weighted by atomic mass is 19.4. The van der Waals surface area contributed by atoms with Crippen LogP contribution in [0.4, 0.5) is 13.2 Å². The molecular formula is C14H15F3O2. The van der Waals surface area contributed by atoms with Crippen LogP contribution in [0.3, 0.4) is 0 Å². The third-order valence-corrected chi connectivity index (χ3v) is 3.73. The van der Waals surface area contributed by atoms with E-state index in [1.165, 1.54) is 6.07 Å². The first-order valence-corrected chi connectivity index (χ1v) is 6.27. The first-order chi connectivity index (χ1) is 8.88. The number of hydrogen-bond acceptors (Lipinski definition) is 1. The number of halogens is 3. The van der Waals surface area contributed by atoms with Crippen molar-refractivity contribution < 1.29 is 23.1 Å². The van der Waals surface area contributed by atoms with Gasteiger partial charge in [-0.3, -0.25) is 4.79 Å². The third-order valence-electron chi connectivity index (χ3n) is 3.73. The molecule has 1 aromatic rings. The minimum Gasteiger partial charge on any atom is -0.481 e. The van der Waals surface area contributed by atoms with Gasteiger partial charge >= 0.3 is 12.1 Å². The maximum Gasteiger partial charge on any atom is 0.416 e. The normalized spacial score (nSPS) is 23.5. The predicted molar refractivity (Wildman–Crippen MR) is 63.6 cm³/mol. The lowest BCUT2D eigenvalue weighted by molar-refractivity contribution is -0.143. The molecule has 0 bridgehead atoms. The predicted octanol–water partition coefficient (Wildman–Crippen LogP) is 3.75. The van der Waals surface area contributed by atoms with Crippen molar-refractivity contribution in [2.24, 2.45) is 11.8 Å². The summed E-state index contributed by atoms with van der Waals surface area (Å²) >= 11 is 0. The van der Waals surface area contributed by atoms with E-state index in [2.05, 4.69) is 0 Å². The van der Waals surface area contributed by atoms with Crippen LogP contribution >= 0.6 is 0 Å². The van der Waals surface area contributed by atoms with E-state index < -0.39 is 23.6 Å². The van der Waals surface area contributed by atoms with Crippen molar-refractivity contribution in [3.63, 3.8) is 0 Å². The summed E-state index contributed by atoms with van der Waals surface area (Å²) in [5.74, 6) is -1.31. The second kappa shape index (κ2) is 5.23. The number of benzene rings is 1. The van der Waals surface area contributed by atoms with Crippen molar-refractivity contribution >= 4 is 5.97 Å². The number of carboxylic acid groups (broad SMARTS) is 1. The lowest BCUT2D eigenvalue weighted by atomic mass is 9.89. The summed E-state index contributed by atoms with van der Waals surface area (Å²) in [5.41, 5.74) is -0.108. The zero-order valence-electron chi connectivity index (χ0n) is 10.3. The first-order valence-electron chi connectivity index (χ1n) is 6.27. The van der Waals surface area contributed by atoms with Gasteiger partial charge < -0.3 is 5.11 Å². The summed E-state index contributed by atoms with van der Waals surface area (Å²) in [4.78, 5) is 11.0. The Morgan fingerprint density at radius 1 is 1.32 bits per heavy atom. The second-order valence-electron chi connectivity index (χ2n) is 5.04. The monoisotopic (exact) mass is 272 g/mol. The maximum absolute atomic E-state index is 12.6. The largest absolute Gasteiger partial charge is 0.481 e. The van der Waals surface area contributed by atoms with E-state index in [1.54, 1.807) is 6.07 Å². The molecule has 104 valence electrons. The summed E-state index contributed by atoms with van der Waals surface area (Å²) in [7, 11) is 0. The van der Waals surface area contributed by atoms with E-state index in [1.807, 2.05) is 0 Å². The maximum atomic E-state index is 12.6. The molecule has 1 fully saturated rings. The lowest BCUT2D eigenvalue weighted by Gasteiger charge is -2.16. The molecule has 2 nitrogen and oxygen atoms in total. The molecule has 2 rings (SSSR count). The van der Waals surface area contributed by atoms with Gasteiger partial charge in [0.2, 0.25) is 0 Å². The molecule has 0 radical (unpaired) electrons. The third kappa shape index (κ3) is 3.28. The van der Waals surface area contributed by atoms with Crippen LogP contribution in [-0.4, -0.2) is 11.1 Å². The number of carbonyl (C=O) groups is 1. The zero-order valence-corrected chi connectivity index (χ0v) is 10.3. The van der Waals surface area contributed by atoms with Gasteiger partial charge in [0.1, 0.15) is 0 Å². The Hall–Kier alpha value is -1.52. The van der Waals surface area contributed by atoms with Gasteiger partial charge in [-0.2, -0.15) is 13.2 Å². The quantitative estimate of drug-likeness (QED) is 0.909. The van der Waals surface area contributed by atoms with Crippen molar-refractivity contribution in [3.05, 3.63) is 35.4 Å². The van der Waals surface area contributed by atoms with Crippen molar-refractivity contribution in [2.75, 3.05) is 0 Å². The van der Waals surface area contributed by atoms with Gasteiger partial charge in [-0.05, 0) is 36.8 Å². The topological polar surface area (TPSA) is 37.3 Å². The summed E-state index contributed by atoms with van der Waals surface area (Å²) < 4.78 is 37.8. The second-order valence-corrected chi connectivity index (χ2v) is 5.04. The van der Waals surface area contributed by atoms with Crippen molar-refractivity contribution in [1.29, 1.82) is 0 Å². The Bertz CT molecular complexity index is 468. The first kappa shape index (κ1) is 13.9. The van der Waals surface area contributed by atoms with Crippen molar-refractivity contribution in [1.82, 2.24) is 0 Å². The molecule has 0 spiro atoms. The molecule has 0 aliphatic heterocycles. The Balaban J connectivity index is 2.13. The highest BCUT2D eigenvalue weighted by Gasteiger charge is 2.34. The van der Waals surface area contributed by atoms with E-state index in [9.17, 15) is 18.0 Å². The lowest BCUT2D eigenvalue weighted by Crippen LogP contribution is -2.20. The number of carboxylic acids is 1. The zero-order chi connectivity index (χ0) is 14.0. The fourth-order valence-electron chi connectivity index (χ4n) is 2.78. The number of hydrogen-bond donors (Lipinski definition) is 1. The molecular weight excluding hydrogens is 257 g/mol. The van der Waals surface area contributed by atoms with Gasteiger partial charge in [-0.15, -0.1) is 0 Å². The average Bonchev–Trinajstić information content (AvgIpc) is 2.76.